The average molecular weight is 543 g/mol. The maximum absolute atomic E-state index is 10.9. The molecule has 2 aromatic heterocycles. The summed E-state index contributed by atoms with van der Waals surface area (Å²) in [4.78, 5) is 19.6. The van der Waals surface area contributed by atoms with Crippen LogP contribution in [0.2, 0.25) is 0 Å². The van der Waals surface area contributed by atoms with Gasteiger partial charge < -0.3 is 14.2 Å². The quantitative estimate of drug-likeness (QED) is 0.267. The zero-order chi connectivity index (χ0) is 25.8. The summed E-state index contributed by atoms with van der Waals surface area (Å²) in [6.07, 6.45) is 7.46. The maximum Gasteiger partial charge on any atom is 0.335 e. The van der Waals surface area contributed by atoms with Gasteiger partial charge in [-0.15, -0.1) is 0 Å². The van der Waals surface area contributed by atoms with Gasteiger partial charge in [-0.05, 0) is 66.4 Å². The van der Waals surface area contributed by atoms with Crippen molar-refractivity contribution in [3.63, 3.8) is 0 Å². The van der Waals surface area contributed by atoms with Crippen LogP contribution >= 0.6 is 15.9 Å². The molecule has 2 heterocycles. The van der Waals surface area contributed by atoms with Crippen molar-refractivity contribution >= 4 is 21.9 Å². The SMILES string of the molecule is Cc1cc(-c2nccn2C)ccc1-c1ccc(C(=O)O)cc1.Cc1cc(-c2nccn2C)ccc1Br. The molecule has 0 unspecified atom stereocenters. The van der Waals surface area contributed by atoms with Gasteiger partial charge in [-0.3, -0.25) is 0 Å². The van der Waals surface area contributed by atoms with Gasteiger partial charge in [0.25, 0.3) is 0 Å². The van der Waals surface area contributed by atoms with Gasteiger partial charge in [0.15, 0.2) is 0 Å². The first-order valence-electron chi connectivity index (χ1n) is 11.4. The van der Waals surface area contributed by atoms with Crippen LogP contribution in [0.1, 0.15) is 21.5 Å². The third kappa shape index (κ3) is 5.47. The first kappa shape index (κ1) is 25.1. The molecule has 0 fully saturated rings. The second-order valence-corrected chi connectivity index (χ2v) is 9.45. The molecule has 6 nitrogen and oxygen atoms in total. The maximum atomic E-state index is 10.9. The third-order valence-electron chi connectivity index (χ3n) is 5.99. The number of nitrogens with zero attached hydrogens (tertiary/aromatic N) is 4. The lowest BCUT2D eigenvalue weighted by Crippen LogP contribution is -1.95. The number of carbonyl (C=O) groups is 1. The van der Waals surface area contributed by atoms with Gasteiger partial charge in [-0.1, -0.05) is 46.3 Å². The van der Waals surface area contributed by atoms with E-state index in [9.17, 15) is 4.79 Å². The van der Waals surface area contributed by atoms with Gasteiger partial charge in [-0.2, -0.15) is 0 Å². The smallest absolute Gasteiger partial charge is 0.335 e. The number of carboxylic acid groups (broad SMARTS) is 1. The molecule has 0 bridgehead atoms. The Labute approximate surface area is 219 Å². The summed E-state index contributed by atoms with van der Waals surface area (Å²) in [5.41, 5.74) is 6.97. The molecule has 0 atom stereocenters. The van der Waals surface area contributed by atoms with E-state index in [-0.39, 0.29) is 0 Å². The molecule has 0 aliphatic rings. The Morgan fingerprint density at radius 1 is 0.750 bits per heavy atom. The highest BCUT2D eigenvalue weighted by Gasteiger charge is 2.09. The normalized spacial score (nSPS) is 10.6. The fraction of sp³-hybridized carbons (Fsp3) is 0.138. The second kappa shape index (κ2) is 10.7. The van der Waals surface area contributed by atoms with Crippen molar-refractivity contribution in [1.29, 1.82) is 0 Å². The predicted molar refractivity (Wildman–Crippen MR) is 147 cm³/mol. The molecule has 1 N–H and O–H groups in total. The molecule has 3 aromatic carbocycles. The van der Waals surface area contributed by atoms with E-state index in [1.807, 2.05) is 66.9 Å². The molecule has 0 aliphatic heterocycles. The Balaban J connectivity index is 0.000000187. The number of halogens is 1. The summed E-state index contributed by atoms with van der Waals surface area (Å²) in [7, 11) is 3.97. The fourth-order valence-electron chi connectivity index (χ4n) is 3.99. The van der Waals surface area contributed by atoms with E-state index in [4.69, 9.17) is 5.11 Å². The van der Waals surface area contributed by atoms with Crippen molar-refractivity contribution in [1.82, 2.24) is 19.1 Å². The molecular weight excluding hydrogens is 516 g/mol. The highest BCUT2D eigenvalue weighted by Crippen LogP contribution is 2.28. The Morgan fingerprint density at radius 2 is 1.25 bits per heavy atom. The summed E-state index contributed by atoms with van der Waals surface area (Å²) in [5.74, 6) is 1.02. The first-order chi connectivity index (χ1) is 17.2. The number of benzene rings is 3. The molecule has 7 heteroatoms. The second-order valence-electron chi connectivity index (χ2n) is 8.60. The number of rotatable bonds is 4. The van der Waals surface area contributed by atoms with Gasteiger partial charge >= 0.3 is 5.97 Å². The van der Waals surface area contributed by atoms with Crippen LogP contribution in [-0.4, -0.2) is 30.2 Å². The predicted octanol–water partition coefficient (Wildman–Crippen LogP) is 6.92. The third-order valence-corrected chi connectivity index (χ3v) is 6.88. The van der Waals surface area contributed by atoms with E-state index < -0.39 is 5.97 Å². The van der Waals surface area contributed by atoms with Gasteiger partial charge in [0.2, 0.25) is 0 Å². The van der Waals surface area contributed by atoms with Crippen LogP contribution in [-0.2, 0) is 14.1 Å². The Hall–Kier alpha value is -3.97. The molecule has 182 valence electrons. The summed E-state index contributed by atoms with van der Waals surface area (Å²) in [6.45, 7) is 4.13. The van der Waals surface area contributed by atoms with Crippen LogP contribution in [0.15, 0.2) is 89.9 Å². The zero-order valence-corrected chi connectivity index (χ0v) is 22.2. The molecule has 5 rings (SSSR count). The van der Waals surface area contributed by atoms with E-state index in [2.05, 4.69) is 63.2 Å². The standard InChI is InChI=1S/C18H16N2O2.C11H11BrN2/c1-12-11-15(17-19-9-10-20(17)2)7-8-16(12)13-3-5-14(6-4-13)18(21)22;1-8-7-9(3-4-10(8)12)11-13-5-6-14(11)2/h3-11H,1-2H3,(H,21,22);3-7H,1-2H3. The van der Waals surface area contributed by atoms with Gasteiger partial charge in [-0.25, -0.2) is 14.8 Å². The first-order valence-corrected chi connectivity index (χ1v) is 12.2. The van der Waals surface area contributed by atoms with Crippen LogP contribution in [0.4, 0.5) is 0 Å². The largest absolute Gasteiger partial charge is 0.478 e. The fourth-order valence-corrected chi connectivity index (χ4v) is 4.24. The zero-order valence-electron chi connectivity index (χ0n) is 20.6. The summed E-state index contributed by atoms with van der Waals surface area (Å²) >= 11 is 3.48. The van der Waals surface area contributed by atoms with Gasteiger partial charge in [0.1, 0.15) is 11.6 Å². The van der Waals surface area contributed by atoms with Crippen molar-refractivity contribution in [2.45, 2.75) is 13.8 Å². The van der Waals surface area contributed by atoms with Crippen LogP contribution in [0, 0.1) is 13.8 Å². The average Bonchev–Trinajstić information content (AvgIpc) is 3.49. The lowest BCUT2D eigenvalue weighted by atomic mass is 9.97. The highest BCUT2D eigenvalue weighted by atomic mass is 79.9. The Morgan fingerprint density at radius 3 is 1.69 bits per heavy atom. The van der Waals surface area contributed by atoms with Crippen molar-refractivity contribution in [3.05, 3.63) is 107 Å². The molecular formula is C29H27BrN4O2. The number of hydrogen-bond donors (Lipinski definition) is 1. The molecule has 0 saturated heterocycles. The van der Waals surface area contributed by atoms with E-state index >= 15 is 0 Å². The van der Waals surface area contributed by atoms with Crippen molar-refractivity contribution < 1.29 is 9.90 Å². The minimum Gasteiger partial charge on any atom is -0.478 e. The molecule has 5 aromatic rings. The molecule has 0 radical (unpaired) electrons. The van der Waals surface area contributed by atoms with Crippen LogP contribution in [0.3, 0.4) is 0 Å². The molecule has 36 heavy (non-hydrogen) atoms. The van der Waals surface area contributed by atoms with E-state index in [1.165, 1.54) is 5.56 Å². The number of aryl methyl sites for hydroxylation is 4. The Kier molecular flexibility index (Phi) is 7.50. The monoisotopic (exact) mass is 542 g/mol. The summed E-state index contributed by atoms with van der Waals surface area (Å²) in [6, 6.07) is 19.4. The van der Waals surface area contributed by atoms with Gasteiger partial charge in [0, 0.05) is 54.5 Å². The number of aromatic carboxylic acids is 1. The van der Waals surface area contributed by atoms with Crippen LogP contribution < -0.4 is 0 Å². The summed E-state index contributed by atoms with van der Waals surface area (Å²) < 4.78 is 5.13. The van der Waals surface area contributed by atoms with E-state index in [0.717, 1.165) is 43.9 Å². The highest BCUT2D eigenvalue weighted by molar-refractivity contribution is 9.10. The van der Waals surface area contributed by atoms with E-state index in [1.54, 1.807) is 18.3 Å². The minimum atomic E-state index is -0.909. The molecule has 0 aliphatic carbocycles. The number of imidazole rings is 2. The van der Waals surface area contributed by atoms with Gasteiger partial charge in [0.05, 0.1) is 5.56 Å². The molecule has 0 spiro atoms. The summed E-state index contributed by atoms with van der Waals surface area (Å²) in [5, 5.41) is 8.96. The molecule has 0 amide bonds. The van der Waals surface area contributed by atoms with Crippen molar-refractivity contribution in [2.75, 3.05) is 0 Å². The topological polar surface area (TPSA) is 72.9 Å². The molecule has 0 saturated carbocycles. The number of aromatic nitrogens is 4. The Bertz CT molecular complexity index is 1520. The van der Waals surface area contributed by atoms with Crippen LogP contribution in [0.5, 0.6) is 0 Å². The minimum absolute atomic E-state index is 0.297. The number of carboxylic acids is 1. The van der Waals surface area contributed by atoms with Crippen molar-refractivity contribution in [2.24, 2.45) is 14.1 Å². The lowest BCUT2D eigenvalue weighted by Gasteiger charge is -2.09. The number of hydrogen-bond acceptors (Lipinski definition) is 3. The lowest BCUT2D eigenvalue weighted by molar-refractivity contribution is 0.0697. The van der Waals surface area contributed by atoms with Crippen LogP contribution in [0.25, 0.3) is 33.9 Å². The van der Waals surface area contributed by atoms with E-state index in [0.29, 0.717) is 5.56 Å². The van der Waals surface area contributed by atoms with Crippen molar-refractivity contribution in [3.8, 4) is 33.9 Å².